The van der Waals surface area contributed by atoms with E-state index in [0.29, 0.717) is 12.5 Å². The Morgan fingerprint density at radius 2 is 2.23 bits per heavy atom. The molecule has 1 rings (SSSR count). The van der Waals surface area contributed by atoms with Gasteiger partial charge in [-0.1, -0.05) is 6.92 Å². The van der Waals surface area contributed by atoms with Crippen molar-refractivity contribution in [1.82, 2.24) is 15.3 Å². The van der Waals surface area contributed by atoms with Crippen molar-refractivity contribution in [3.63, 3.8) is 0 Å². The molecule has 0 bridgehead atoms. The van der Waals surface area contributed by atoms with Crippen LogP contribution in [0, 0.1) is 0 Å². The first-order valence-corrected chi connectivity index (χ1v) is 4.45. The molecule has 0 aromatic carbocycles. The van der Waals surface area contributed by atoms with Gasteiger partial charge in [0, 0.05) is 6.54 Å². The SMILES string of the molecule is CCCOc1cnc(CNC)cn1. The molecule has 0 saturated carbocycles. The lowest BCUT2D eigenvalue weighted by Crippen LogP contribution is -2.07. The molecule has 4 heteroatoms. The molecule has 0 aliphatic heterocycles. The van der Waals surface area contributed by atoms with Crippen molar-refractivity contribution in [2.75, 3.05) is 13.7 Å². The largest absolute Gasteiger partial charge is 0.477 e. The summed E-state index contributed by atoms with van der Waals surface area (Å²) in [5, 5.41) is 3.00. The van der Waals surface area contributed by atoms with Crippen molar-refractivity contribution in [1.29, 1.82) is 0 Å². The molecular weight excluding hydrogens is 166 g/mol. The lowest BCUT2D eigenvalue weighted by molar-refractivity contribution is 0.303. The van der Waals surface area contributed by atoms with Crippen LogP contribution in [0.2, 0.25) is 0 Å². The Hall–Kier alpha value is -1.16. The zero-order valence-corrected chi connectivity index (χ0v) is 8.08. The maximum Gasteiger partial charge on any atom is 0.232 e. The molecule has 4 nitrogen and oxygen atoms in total. The minimum Gasteiger partial charge on any atom is -0.477 e. The average Bonchev–Trinajstić information content (AvgIpc) is 2.17. The molecule has 1 heterocycles. The smallest absolute Gasteiger partial charge is 0.232 e. The van der Waals surface area contributed by atoms with Crippen molar-refractivity contribution in [2.24, 2.45) is 0 Å². The van der Waals surface area contributed by atoms with E-state index in [-0.39, 0.29) is 0 Å². The van der Waals surface area contributed by atoms with Gasteiger partial charge in [-0.3, -0.25) is 4.98 Å². The van der Waals surface area contributed by atoms with Crippen LogP contribution in [0.3, 0.4) is 0 Å². The summed E-state index contributed by atoms with van der Waals surface area (Å²) in [6, 6.07) is 0. The van der Waals surface area contributed by atoms with Crippen LogP contribution in [0.5, 0.6) is 5.88 Å². The van der Waals surface area contributed by atoms with Gasteiger partial charge in [-0.05, 0) is 13.5 Å². The summed E-state index contributed by atoms with van der Waals surface area (Å²) in [7, 11) is 1.88. The van der Waals surface area contributed by atoms with Crippen LogP contribution in [-0.2, 0) is 6.54 Å². The summed E-state index contributed by atoms with van der Waals surface area (Å²) in [6.07, 6.45) is 4.36. The van der Waals surface area contributed by atoms with Crippen molar-refractivity contribution in [2.45, 2.75) is 19.9 Å². The van der Waals surface area contributed by atoms with E-state index >= 15 is 0 Å². The highest BCUT2D eigenvalue weighted by Crippen LogP contribution is 2.03. The van der Waals surface area contributed by atoms with Crippen LogP contribution in [0.25, 0.3) is 0 Å². The lowest BCUT2D eigenvalue weighted by Gasteiger charge is -2.03. The molecule has 0 spiro atoms. The van der Waals surface area contributed by atoms with Crippen LogP contribution in [0.15, 0.2) is 12.4 Å². The van der Waals surface area contributed by atoms with Gasteiger partial charge in [0.1, 0.15) is 0 Å². The number of ether oxygens (including phenoxy) is 1. The second-order valence-electron chi connectivity index (χ2n) is 2.72. The molecule has 1 aromatic heterocycles. The van der Waals surface area contributed by atoms with Gasteiger partial charge in [0.15, 0.2) is 0 Å². The number of nitrogens with zero attached hydrogens (tertiary/aromatic N) is 2. The number of aromatic nitrogens is 2. The van der Waals surface area contributed by atoms with Crippen molar-refractivity contribution >= 4 is 0 Å². The Bertz CT molecular complexity index is 235. The highest BCUT2D eigenvalue weighted by molar-refractivity contribution is 5.06. The van der Waals surface area contributed by atoms with Gasteiger partial charge in [-0.25, -0.2) is 4.98 Å². The minimum atomic E-state index is 0.599. The molecule has 0 fully saturated rings. The van der Waals surface area contributed by atoms with Gasteiger partial charge >= 0.3 is 0 Å². The fourth-order valence-corrected chi connectivity index (χ4v) is 0.897. The number of rotatable bonds is 5. The number of nitrogens with one attached hydrogen (secondary N) is 1. The first kappa shape index (κ1) is 9.92. The maximum absolute atomic E-state index is 5.29. The molecule has 72 valence electrons. The Morgan fingerprint density at radius 1 is 1.38 bits per heavy atom. The van der Waals surface area contributed by atoms with E-state index in [1.54, 1.807) is 12.4 Å². The van der Waals surface area contributed by atoms with Crippen LogP contribution in [-0.4, -0.2) is 23.6 Å². The van der Waals surface area contributed by atoms with E-state index in [2.05, 4.69) is 22.2 Å². The number of hydrogen-bond donors (Lipinski definition) is 1. The molecule has 1 aromatic rings. The molecule has 0 amide bonds. The molecule has 0 aliphatic carbocycles. The van der Waals surface area contributed by atoms with Gasteiger partial charge in [0.25, 0.3) is 0 Å². The summed E-state index contributed by atoms with van der Waals surface area (Å²) < 4.78 is 5.29. The van der Waals surface area contributed by atoms with Crippen LogP contribution >= 0.6 is 0 Å². The van der Waals surface area contributed by atoms with Gasteiger partial charge in [-0.2, -0.15) is 0 Å². The van der Waals surface area contributed by atoms with E-state index in [1.807, 2.05) is 7.05 Å². The second kappa shape index (κ2) is 5.48. The monoisotopic (exact) mass is 181 g/mol. The Morgan fingerprint density at radius 3 is 2.77 bits per heavy atom. The topological polar surface area (TPSA) is 47.0 Å². The molecule has 13 heavy (non-hydrogen) atoms. The van der Waals surface area contributed by atoms with Crippen LogP contribution in [0.1, 0.15) is 19.0 Å². The van der Waals surface area contributed by atoms with Crippen molar-refractivity contribution in [3.05, 3.63) is 18.1 Å². The third-order valence-corrected chi connectivity index (χ3v) is 1.49. The normalized spacial score (nSPS) is 10.0. The molecule has 0 radical (unpaired) electrons. The molecule has 0 aliphatic rings. The summed E-state index contributed by atoms with van der Waals surface area (Å²) in [5.74, 6) is 0.599. The van der Waals surface area contributed by atoms with E-state index < -0.39 is 0 Å². The zero-order valence-electron chi connectivity index (χ0n) is 8.08. The maximum atomic E-state index is 5.29. The molecule has 1 N–H and O–H groups in total. The summed E-state index contributed by atoms with van der Waals surface area (Å²) in [5.41, 5.74) is 0.923. The Balaban J connectivity index is 2.48. The fourth-order valence-electron chi connectivity index (χ4n) is 0.897. The summed E-state index contributed by atoms with van der Waals surface area (Å²) >= 11 is 0. The van der Waals surface area contributed by atoms with Gasteiger partial charge in [0.2, 0.25) is 5.88 Å². The zero-order chi connectivity index (χ0) is 9.52. The van der Waals surface area contributed by atoms with E-state index in [9.17, 15) is 0 Å². The third kappa shape index (κ3) is 3.38. The van der Waals surface area contributed by atoms with Gasteiger partial charge < -0.3 is 10.1 Å². The fraction of sp³-hybridized carbons (Fsp3) is 0.556. The Kier molecular flexibility index (Phi) is 4.18. The van der Waals surface area contributed by atoms with E-state index in [0.717, 1.165) is 18.7 Å². The van der Waals surface area contributed by atoms with E-state index in [4.69, 9.17) is 4.74 Å². The Labute approximate surface area is 78.4 Å². The molecule has 0 atom stereocenters. The predicted octanol–water partition coefficient (Wildman–Crippen LogP) is 0.985. The van der Waals surface area contributed by atoms with E-state index in [1.165, 1.54) is 0 Å². The third-order valence-electron chi connectivity index (χ3n) is 1.49. The number of hydrogen-bond acceptors (Lipinski definition) is 4. The van der Waals surface area contributed by atoms with Crippen LogP contribution < -0.4 is 10.1 Å². The summed E-state index contributed by atoms with van der Waals surface area (Å²) in [4.78, 5) is 8.28. The highest BCUT2D eigenvalue weighted by Gasteiger charge is 1.96. The molecule has 0 saturated heterocycles. The van der Waals surface area contributed by atoms with Crippen molar-refractivity contribution in [3.8, 4) is 5.88 Å². The van der Waals surface area contributed by atoms with Gasteiger partial charge in [-0.15, -0.1) is 0 Å². The molecular formula is C9H15N3O. The van der Waals surface area contributed by atoms with Crippen molar-refractivity contribution < 1.29 is 4.74 Å². The minimum absolute atomic E-state index is 0.599. The average molecular weight is 181 g/mol. The quantitative estimate of drug-likeness (QED) is 0.735. The standard InChI is InChI=1S/C9H15N3O/c1-3-4-13-9-7-11-8(5-10-2)6-12-9/h6-7,10H,3-5H2,1-2H3. The van der Waals surface area contributed by atoms with Crippen LogP contribution in [0.4, 0.5) is 0 Å². The first-order chi connectivity index (χ1) is 6.36. The second-order valence-corrected chi connectivity index (χ2v) is 2.72. The first-order valence-electron chi connectivity index (χ1n) is 4.45. The predicted molar refractivity (Wildman–Crippen MR) is 50.6 cm³/mol. The summed E-state index contributed by atoms with van der Waals surface area (Å²) in [6.45, 7) is 3.49. The van der Waals surface area contributed by atoms with Gasteiger partial charge in [0.05, 0.1) is 24.7 Å². The highest BCUT2D eigenvalue weighted by atomic mass is 16.5. The molecule has 0 unspecified atom stereocenters. The lowest BCUT2D eigenvalue weighted by atomic mass is 10.4.